The van der Waals surface area contributed by atoms with Crippen molar-refractivity contribution in [3.63, 3.8) is 0 Å². The van der Waals surface area contributed by atoms with Gasteiger partial charge in [-0.05, 0) is 42.5 Å². The number of nitrogens with zero attached hydrogens (tertiary/aromatic N) is 3. The van der Waals surface area contributed by atoms with E-state index in [2.05, 4.69) is 9.80 Å². The zero-order valence-corrected chi connectivity index (χ0v) is 18.6. The van der Waals surface area contributed by atoms with E-state index in [0.29, 0.717) is 23.2 Å². The first-order valence-corrected chi connectivity index (χ1v) is 11.4. The topological polar surface area (TPSA) is 62.0 Å². The van der Waals surface area contributed by atoms with E-state index in [1.54, 1.807) is 0 Å². The number of ether oxygens (including phenoxy) is 1. The van der Waals surface area contributed by atoms with Gasteiger partial charge in [-0.1, -0.05) is 41.9 Å². The quantitative estimate of drug-likeness (QED) is 0.706. The van der Waals surface area contributed by atoms with Crippen LogP contribution in [0.1, 0.15) is 18.4 Å². The van der Waals surface area contributed by atoms with Crippen LogP contribution in [0.5, 0.6) is 0 Å². The van der Waals surface area contributed by atoms with Crippen molar-refractivity contribution in [1.82, 2.24) is 9.80 Å². The molecule has 0 atom stereocenters. The van der Waals surface area contributed by atoms with Crippen LogP contribution in [-0.2, 0) is 11.3 Å². The van der Waals surface area contributed by atoms with Crippen molar-refractivity contribution in [3.05, 3.63) is 59.1 Å². The molecular weight excluding hydrogens is 412 g/mol. The van der Waals surface area contributed by atoms with Gasteiger partial charge in [-0.3, -0.25) is 4.90 Å². The predicted molar refractivity (Wildman–Crippen MR) is 125 cm³/mol. The fourth-order valence-corrected chi connectivity index (χ4v) is 4.55. The summed E-state index contributed by atoms with van der Waals surface area (Å²) in [5.41, 5.74) is 8.61. The molecule has 1 amide bonds. The number of piperidine rings is 1. The number of hydrogen-bond donors (Lipinski definition) is 1. The lowest BCUT2D eigenvalue weighted by Gasteiger charge is -2.39. The Kier molecular flexibility index (Phi) is 7.20. The van der Waals surface area contributed by atoms with E-state index in [0.717, 1.165) is 69.9 Å². The van der Waals surface area contributed by atoms with Crippen molar-refractivity contribution in [2.75, 3.05) is 56.4 Å². The Balaban J connectivity index is 1.17. The summed E-state index contributed by atoms with van der Waals surface area (Å²) in [6, 6.07) is 15.7. The molecule has 6 nitrogen and oxygen atoms in total. The smallest absolute Gasteiger partial charge is 0.410 e. The molecule has 4 rings (SSSR count). The second-order valence-electron chi connectivity index (χ2n) is 8.46. The third kappa shape index (κ3) is 5.83. The third-order valence-corrected chi connectivity index (χ3v) is 6.64. The second-order valence-corrected chi connectivity index (χ2v) is 8.87. The molecule has 2 aromatic carbocycles. The van der Waals surface area contributed by atoms with Crippen LogP contribution in [0.4, 0.5) is 16.2 Å². The number of benzene rings is 2. The van der Waals surface area contributed by atoms with E-state index in [9.17, 15) is 4.79 Å². The minimum Gasteiger partial charge on any atom is -0.445 e. The summed E-state index contributed by atoms with van der Waals surface area (Å²) in [5, 5.41) is 0.619. The Bertz CT molecular complexity index is 863. The van der Waals surface area contributed by atoms with Crippen molar-refractivity contribution in [3.8, 4) is 0 Å². The van der Waals surface area contributed by atoms with Gasteiger partial charge in [0.15, 0.2) is 0 Å². The Morgan fingerprint density at radius 3 is 2.39 bits per heavy atom. The first-order valence-electron chi connectivity index (χ1n) is 11.1. The highest BCUT2D eigenvalue weighted by Crippen LogP contribution is 2.26. The number of halogens is 1. The summed E-state index contributed by atoms with van der Waals surface area (Å²) in [4.78, 5) is 19.1. The molecule has 0 unspecified atom stereocenters. The number of carbonyl (C=O) groups excluding carboxylic acids is 1. The molecule has 2 aliphatic heterocycles. The average Bonchev–Trinajstić information content (AvgIpc) is 2.81. The van der Waals surface area contributed by atoms with Gasteiger partial charge in [0.2, 0.25) is 0 Å². The lowest BCUT2D eigenvalue weighted by atomic mass is 9.96. The Labute approximate surface area is 189 Å². The van der Waals surface area contributed by atoms with Crippen molar-refractivity contribution < 1.29 is 9.53 Å². The molecule has 166 valence electrons. The van der Waals surface area contributed by atoms with Gasteiger partial charge in [0.1, 0.15) is 6.61 Å². The van der Waals surface area contributed by atoms with Crippen molar-refractivity contribution >= 4 is 29.1 Å². The number of anilines is 2. The Morgan fingerprint density at radius 2 is 1.71 bits per heavy atom. The first-order chi connectivity index (χ1) is 15.1. The summed E-state index contributed by atoms with van der Waals surface area (Å²) < 4.78 is 5.48. The highest BCUT2D eigenvalue weighted by Gasteiger charge is 2.26. The third-order valence-electron chi connectivity index (χ3n) is 6.32. The molecule has 7 heteroatoms. The number of nitrogen functional groups attached to an aromatic ring is 1. The van der Waals surface area contributed by atoms with Crippen molar-refractivity contribution in [2.24, 2.45) is 5.92 Å². The molecule has 2 N–H and O–H groups in total. The second kappa shape index (κ2) is 10.2. The van der Waals surface area contributed by atoms with Crippen LogP contribution in [0.25, 0.3) is 0 Å². The summed E-state index contributed by atoms with van der Waals surface area (Å²) >= 11 is 6.18. The summed E-state index contributed by atoms with van der Waals surface area (Å²) in [5.74, 6) is 0.635. The minimum atomic E-state index is -0.196. The lowest BCUT2D eigenvalue weighted by molar-refractivity contribution is 0.0768. The molecule has 0 radical (unpaired) electrons. The van der Waals surface area contributed by atoms with Gasteiger partial charge in [0, 0.05) is 51.5 Å². The van der Waals surface area contributed by atoms with E-state index >= 15 is 0 Å². The van der Waals surface area contributed by atoms with Crippen LogP contribution in [-0.4, -0.2) is 61.7 Å². The number of amides is 1. The van der Waals surface area contributed by atoms with Gasteiger partial charge >= 0.3 is 6.09 Å². The molecule has 0 bridgehead atoms. The van der Waals surface area contributed by atoms with Crippen molar-refractivity contribution in [1.29, 1.82) is 0 Å². The van der Waals surface area contributed by atoms with Gasteiger partial charge in [-0.15, -0.1) is 0 Å². The number of hydrogen-bond acceptors (Lipinski definition) is 5. The number of likely N-dealkylation sites (tertiary alicyclic amines) is 1. The molecular formula is C24H31ClN4O2. The van der Waals surface area contributed by atoms with Gasteiger partial charge in [-0.2, -0.15) is 0 Å². The lowest BCUT2D eigenvalue weighted by Crippen LogP contribution is -2.49. The number of carbonyl (C=O) groups is 1. The van der Waals surface area contributed by atoms with E-state index in [1.165, 1.54) is 0 Å². The molecule has 0 aliphatic carbocycles. The summed E-state index contributed by atoms with van der Waals surface area (Å²) in [6.45, 7) is 7.06. The summed E-state index contributed by atoms with van der Waals surface area (Å²) in [6.07, 6.45) is 1.88. The molecule has 2 aromatic rings. The van der Waals surface area contributed by atoms with Gasteiger partial charge in [-0.25, -0.2) is 4.79 Å². The highest BCUT2D eigenvalue weighted by atomic mass is 35.5. The fourth-order valence-electron chi connectivity index (χ4n) is 4.38. The molecule has 0 aromatic heterocycles. The zero-order valence-electron chi connectivity index (χ0n) is 17.9. The fraction of sp³-hybridized carbons (Fsp3) is 0.458. The number of piperazine rings is 1. The first kappa shape index (κ1) is 21.8. The van der Waals surface area contributed by atoms with E-state index in [4.69, 9.17) is 22.1 Å². The normalized spacial score (nSPS) is 18.2. The minimum absolute atomic E-state index is 0.196. The molecule has 2 aliphatic rings. The number of nitrogens with two attached hydrogens (primary N) is 1. The molecule has 2 saturated heterocycles. The van der Waals surface area contributed by atoms with Gasteiger partial charge in [0.05, 0.1) is 10.7 Å². The van der Waals surface area contributed by atoms with Gasteiger partial charge in [0.25, 0.3) is 0 Å². The molecule has 2 fully saturated rings. The van der Waals surface area contributed by atoms with Gasteiger partial charge < -0.3 is 20.3 Å². The zero-order chi connectivity index (χ0) is 21.6. The monoisotopic (exact) mass is 442 g/mol. The van der Waals surface area contributed by atoms with Crippen molar-refractivity contribution in [2.45, 2.75) is 19.4 Å². The highest BCUT2D eigenvalue weighted by molar-refractivity contribution is 6.33. The SMILES string of the molecule is Nc1ccc(N2CCN(CC3CCN(C(=O)OCc4ccccc4)CC3)CC2)cc1Cl. The van der Waals surface area contributed by atoms with E-state index in [-0.39, 0.29) is 6.09 Å². The predicted octanol–water partition coefficient (Wildman–Crippen LogP) is 4.09. The Hall–Kier alpha value is -2.44. The standard InChI is InChI=1S/C24H31ClN4O2/c25-22-16-21(6-7-23(22)26)28-14-12-27(13-15-28)17-19-8-10-29(11-9-19)24(30)31-18-20-4-2-1-3-5-20/h1-7,16,19H,8-15,17-18,26H2. The van der Waals surface area contributed by atoms with Crippen LogP contribution in [0, 0.1) is 5.92 Å². The van der Waals surface area contributed by atoms with Crippen LogP contribution >= 0.6 is 11.6 Å². The van der Waals surface area contributed by atoms with E-state index in [1.807, 2.05) is 53.4 Å². The van der Waals surface area contributed by atoms with E-state index < -0.39 is 0 Å². The van der Waals surface area contributed by atoms with Crippen LogP contribution in [0.15, 0.2) is 48.5 Å². The number of rotatable bonds is 5. The van der Waals surface area contributed by atoms with Crippen LogP contribution in [0.3, 0.4) is 0 Å². The molecule has 31 heavy (non-hydrogen) atoms. The largest absolute Gasteiger partial charge is 0.445 e. The molecule has 0 spiro atoms. The molecule has 2 heterocycles. The summed E-state index contributed by atoms with van der Waals surface area (Å²) in [7, 11) is 0. The van der Waals surface area contributed by atoms with Crippen LogP contribution in [0.2, 0.25) is 5.02 Å². The Morgan fingerprint density at radius 1 is 1.00 bits per heavy atom. The maximum atomic E-state index is 12.4. The maximum absolute atomic E-state index is 12.4. The molecule has 0 saturated carbocycles. The van der Waals surface area contributed by atoms with Crippen LogP contribution < -0.4 is 10.6 Å². The maximum Gasteiger partial charge on any atom is 0.410 e. The average molecular weight is 443 g/mol.